The minimum atomic E-state index is -3.82. The van der Waals surface area contributed by atoms with Crippen LogP contribution in [0, 0.1) is 5.82 Å². The highest BCUT2D eigenvalue weighted by Crippen LogP contribution is 2.44. The zero-order valence-corrected chi connectivity index (χ0v) is 14.7. The molecule has 1 aromatic heterocycles. The highest BCUT2D eigenvalue weighted by atomic mass is 32.2. The first kappa shape index (κ1) is 17.1. The summed E-state index contributed by atoms with van der Waals surface area (Å²) >= 11 is 0. The van der Waals surface area contributed by atoms with Crippen molar-refractivity contribution in [3.05, 3.63) is 59.4 Å². The number of nitrogen functional groups attached to an aromatic ring is 1. The number of carbonyl (C=O) groups excluding carboxylic acids is 1. The van der Waals surface area contributed by atoms with Gasteiger partial charge in [-0.25, -0.2) is 14.4 Å². The Morgan fingerprint density at radius 1 is 1.00 bits per heavy atom. The zero-order valence-electron chi connectivity index (χ0n) is 13.9. The molecule has 27 heavy (non-hydrogen) atoms. The van der Waals surface area contributed by atoms with Crippen LogP contribution >= 0.6 is 0 Å². The molecule has 9 heteroatoms. The molecule has 1 aliphatic carbocycles. The number of carbonyl (C=O) groups is 1. The summed E-state index contributed by atoms with van der Waals surface area (Å²) in [4.78, 5) is 21.3. The van der Waals surface area contributed by atoms with E-state index in [0.717, 1.165) is 6.26 Å². The van der Waals surface area contributed by atoms with Gasteiger partial charge in [0.25, 0.3) is 0 Å². The Hall–Kier alpha value is -3.33. The van der Waals surface area contributed by atoms with Gasteiger partial charge in [0.15, 0.2) is 11.5 Å². The standard InChI is InChI=1S/C18H12FN3O4S/c1-27(24,25)26-12-4-2-3-11-13(12)16-14(17(11)23)15(21-18(20)22-16)9-5-7-10(19)8-6-9/h2-8H,1H3,(H2,20,21,22). The van der Waals surface area contributed by atoms with Gasteiger partial charge in [0.1, 0.15) is 5.82 Å². The first-order valence-electron chi connectivity index (χ1n) is 7.75. The zero-order chi connectivity index (χ0) is 19.3. The Labute approximate surface area is 153 Å². The van der Waals surface area contributed by atoms with Crippen LogP contribution in [0.1, 0.15) is 15.9 Å². The van der Waals surface area contributed by atoms with E-state index in [1.165, 1.54) is 36.4 Å². The molecule has 0 aliphatic heterocycles. The van der Waals surface area contributed by atoms with Gasteiger partial charge in [0.2, 0.25) is 5.95 Å². The summed E-state index contributed by atoms with van der Waals surface area (Å²) in [5.41, 5.74) is 7.34. The minimum absolute atomic E-state index is 0.0229. The molecule has 1 heterocycles. The number of benzene rings is 2. The quantitative estimate of drug-likeness (QED) is 0.539. The van der Waals surface area contributed by atoms with E-state index in [9.17, 15) is 17.6 Å². The molecule has 0 saturated carbocycles. The van der Waals surface area contributed by atoms with Gasteiger partial charge in [-0.3, -0.25) is 4.79 Å². The maximum atomic E-state index is 13.3. The van der Waals surface area contributed by atoms with Crippen molar-refractivity contribution in [1.82, 2.24) is 9.97 Å². The first-order chi connectivity index (χ1) is 12.7. The molecule has 2 N–H and O–H groups in total. The average molecular weight is 385 g/mol. The lowest BCUT2D eigenvalue weighted by molar-refractivity contribution is 0.104. The van der Waals surface area contributed by atoms with E-state index in [-0.39, 0.29) is 39.8 Å². The largest absolute Gasteiger partial charge is 0.382 e. The molecule has 1 aliphatic rings. The second kappa shape index (κ2) is 5.85. The van der Waals surface area contributed by atoms with Crippen molar-refractivity contribution in [3.63, 3.8) is 0 Å². The Morgan fingerprint density at radius 2 is 1.67 bits per heavy atom. The average Bonchev–Trinajstić information content (AvgIpc) is 2.87. The lowest BCUT2D eigenvalue weighted by atomic mass is 10.0. The molecule has 0 bridgehead atoms. The fourth-order valence-electron chi connectivity index (χ4n) is 3.02. The molecule has 0 amide bonds. The van der Waals surface area contributed by atoms with Gasteiger partial charge < -0.3 is 9.92 Å². The summed E-state index contributed by atoms with van der Waals surface area (Å²) in [5, 5.41) is 0. The van der Waals surface area contributed by atoms with Crippen molar-refractivity contribution < 1.29 is 21.8 Å². The molecular weight excluding hydrogens is 373 g/mol. The topological polar surface area (TPSA) is 112 Å². The Bertz CT molecular complexity index is 1210. The van der Waals surface area contributed by atoms with Crippen LogP contribution in [0.2, 0.25) is 0 Å². The number of nitrogens with zero attached hydrogens (tertiary/aromatic N) is 2. The number of anilines is 1. The molecule has 0 saturated heterocycles. The number of ketones is 1. The SMILES string of the molecule is CS(=O)(=O)Oc1cccc2c1-c1nc(N)nc(-c3ccc(F)cc3)c1C2=O. The molecule has 0 spiro atoms. The predicted octanol–water partition coefficient (Wildman–Crippen LogP) is 2.41. The molecular formula is C18H12FN3O4S. The predicted molar refractivity (Wildman–Crippen MR) is 96.2 cm³/mol. The molecule has 0 radical (unpaired) electrons. The van der Waals surface area contributed by atoms with Crippen LogP contribution in [0.25, 0.3) is 22.5 Å². The maximum Gasteiger partial charge on any atom is 0.306 e. The van der Waals surface area contributed by atoms with Crippen LogP contribution in [0.5, 0.6) is 5.75 Å². The second-order valence-corrected chi connectivity index (χ2v) is 7.53. The third kappa shape index (κ3) is 2.91. The molecule has 0 fully saturated rings. The number of aromatic nitrogens is 2. The van der Waals surface area contributed by atoms with E-state index in [0.29, 0.717) is 5.56 Å². The van der Waals surface area contributed by atoms with Crippen molar-refractivity contribution in [2.75, 3.05) is 12.0 Å². The van der Waals surface area contributed by atoms with Crippen molar-refractivity contribution >= 4 is 21.8 Å². The minimum Gasteiger partial charge on any atom is -0.382 e. The number of hydrogen-bond donors (Lipinski definition) is 1. The Balaban J connectivity index is 2.00. The molecule has 2 aromatic carbocycles. The summed E-state index contributed by atoms with van der Waals surface area (Å²) in [7, 11) is -3.82. The fourth-order valence-corrected chi connectivity index (χ4v) is 3.49. The van der Waals surface area contributed by atoms with E-state index in [1.54, 1.807) is 6.07 Å². The van der Waals surface area contributed by atoms with Gasteiger partial charge >= 0.3 is 10.1 Å². The van der Waals surface area contributed by atoms with Gasteiger partial charge in [-0.05, 0) is 30.3 Å². The summed E-state index contributed by atoms with van der Waals surface area (Å²) in [6.45, 7) is 0. The van der Waals surface area contributed by atoms with Crippen molar-refractivity contribution in [2.24, 2.45) is 0 Å². The van der Waals surface area contributed by atoms with Crippen molar-refractivity contribution in [2.45, 2.75) is 0 Å². The van der Waals surface area contributed by atoms with Gasteiger partial charge in [-0.15, -0.1) is 0 Å². The van der Waals surface area contributed by atoms with Crippen LogP contribution in [0.4, 0.5) is 10.3 Å². The van der Waals surface area contributed by atoms with E-state index >= 15 is 0 Å². The highest BCUT2D eigenvalue weighted by molar-refractivity contribution is 7.86. The van der Waals surface area contributed by atoms with Crippen LogP contribution in [-0.2, 0) is 10.1 Å². The van der Waals surface area contributed by atoms with Gasteiger partial charge in [0.05, 0.1) is 28.8 Å². The molecule has 0 atom stereocenters. The van der Waals surface area contributed by atoms with Crippen LogP contribution in [0.15, 0.2) is 42.5 Å². The summed E-state index contributed by atoms with van der Waals surface area (Å²) < 4.78 is 41.4. The summed E-state index contributed by atoms with van der Waals surface area (Å²) in [6.07, 6.45) is 0.905. The maximum absolute atomic E-state index is 13.3. The number of hydrogen-bond acceptors (Lipinski definition) is 7. The van der Waals surface area contributed by atoms with Gasteiger partial charge in [-0.1, -0.05) is 12.1 Å². The van der Waals surface area contributed by atoms with Crippen LogP contribution in [-0.4, -0.2) is 30.4 Å². The second-order valence-electron chi connectivity index (χ2n) is 5.96. The number of nitrogens with two attached hydrogens (primary N) is 1. The Morgan fingerprint density at radius 3 is 2.33 bits per heavy atom. The smallest absolute Gasteiger partial charge is 0.306 e. The van der Waals surface area contributed by atoms with Crippen molar-refractivity contribution in [3.8, 4) is 28.3 Å². The highest BCUT2D eigenvalue weighted by Gasteiger charge is 2.35. The number of halogens is 1. The van der Waals surface area contributed by atoms with E-state index in [2.05, 4.69) is 9.97 Å². The molecule has 3 aromatic rings. The normalized spacial score (nSPS) is 12.6. The van der Waals surface area contributed by atoms with Gasteiger partial charge in [0, 0.05) is 11.1 Å². The fraction of sp³-hybridized carbons (Fsp3) is 0.0556. The third-order valence-electron chi connectivity index (χ3n) is 4.02. The lowest BCUT2D eigenvalue weighted by Gasteiger charge is -2.10. The molecule has 4 rings (SSSR count). The van der Waals surface area contributed by atoms with Gasteiger partial charge in [-0.2, -0.15) is 8.42 Å². The third-order valence-corrected chi connectivity index (χ3v) is 4.50. The first-order valence-corrected chi connectivity index (χ1v) is 9.57. The lowest BCUT2D eigenvalue weighted by Crippen LogP contribution is -2.07. The summed E-state index contributed by atoms with van der Waals surface area (Å²) in [5.74, 6) is -0.956. The molecule has 7 nitrogen and oxygen atoms in total. The van der Waals surface area contributed by atoms with E-state index < -0.39 is 21.7 Å². The number of fused-ring (bicyclic) bond motifs is 3. The molecule has 136 valence electrons. The van der Waals surface area contributed by atoms with E-state index in [1.807, 2.05) is 0 Å². The number of rotatable bonds is 3. The Kier molecular flexibility index (Phi) is 3.70. The summed E-state index contributed by atoms with van der Waals surface area (Å²) in [6, 6.07) is 9.91. The van der Waals surface area contributed by atoms with Crippen molar-refractivity contribution in [1.29, 1.82) is 0 Å². The monoisotopic (exact) mass is 385 g/mol. The molecule has 0 unspecified atom stereocenters. The van der Waals surface area contributed by atoms with E-state index in [4.69, 9.17) is 9.92 Å². The van der Waals surface area contributed by atoms with Crippen LogP contribution < -0.4 is 9.92 Å². The van der Waals surface area contributed by atoms with Crippen LogP contribution in [0.3, 0.4) is 0 Å².